The van der Waals surface area contributed by atoms with Crippen LogP contribution in [0.2, 0.25) is 0 Å². The van der Waals surface area contributed by atoms with Gasteiger partial charge in [0.1, 0.15) is 0 Å². The second-order valence-corrected chi connectivity index (χ2v) is 5.25. The van der Waals surface area contributed by atoms with Crippen LogP contribution in [0.4, 0.5) is 0 Å². The summed E-state index contributed by atoms with van der Waals surface area (Å²) in [6.45, 7) is 1.85. The average molecular weight is 226 g/mol. The van der Waals surface area contributed by atoms with Gasteiger partial charge in [0.05, 0.1) is 24.4 Å². The molecule has 0 radical (unpaired) electrons. The van der Waals surface area contributed by atoms with Crippen LogP contribution in [0, 0.1) is 0 Å². The highest BCUT2D eigenvalue weighted by atomic mass is 16.6. The maximum atomic E-state index is 6.25. The Labute approximate surface area is 97.4 Å². The Hall–Kier alpha value is -0.120. The minimum Gasteiger partial charge on any atom is -0.376 e. The number of ether oxygens (including phenoxy) is 3. The van der Waals surface area contributed by atoms with Crippen LogP contribution >= 0.6 is 0 Å². The zero-order valence-corrected chi connectivity index (χ0v) is 9.90. The van der Waals surface area contributed by atoms with E-state index >= 15 is 0 Å². The van der Waals surface area contributed by atoms with Gasteiger partial charge in [-0.2, -0.15) is 0 Å². The predicted octanol–water partition coefficient (Wildman–Crippen LogP) is 2.28. The van der Waals surface area contributed by atoms with E-state index in [1.165, 1.54) is 19.3 Å². The van der Waals surface area contributed by atoms with Crippen molar-refractivity contribution >= 4 is 0 Å². The van der Waals surface area contributed by atoms with Crippen molar-refractivity contribution in [3.05, 3.63) is 0 Å². The first-order chi connectivity index (χ1) is 7.93. The zero-order valence-electron chi connectivity index (χ0n) is 9.90. The summed E-state index contributed by atoms with van der Waals surface area (Å²) in [6.07, 6.45) is 9.57. The molecule has 3 aliphatic rings. The number of hydrogen-bond acceptors (Lipinski definition) is 3. The van der Waals surface area contributed by atoms with Crippen LogP contribution in [0.5, 0.6) is 0 Å². The highest BCUT2D eigenvalue weighted by Crippen LogP contribution is 2.31. The number of fused-ring (bicyclic) bond motifs is 2. The summed E-state index contributed by atoms with van der Waals surface area (Å²) in [4.78, 5) is 0. The zero-order chi connectivity index (χ0) is 10.8. The number of rotatable bonds is 0. The van der Waals surface area contributed by atoms with Gasteiger partial charge in [0, 0.05) is 13.2 Å². The van der Waals surface area contributed by atoms with Gasteiger partial charge in [0.2, 0.25) is 0 Å². The molecule has 0 spiro atoms. The largest absolute Gasteiger partial charge is 0.376 e. The van der Waals surface area contributed by atoms with E-state index in [0.29, 0.717) is 24.4 Å². The van der Waals surface area contributed by atoms with Gasteiger partial charge in [-0.05, 0) is 44.9 Å². The molecule has 3 aliphatic heterocycles. The topological polar surface area (TPSA) is 27.7 Å². The van der Waals surface area contributed by atoms with Crippen LogP contribution in [-0.4, -0.2) is 37.6 Å². The van der Waals surface area contributed by atoms with Crippen LogP contribution in [0.3, 0.4) is 0 Å². The summed E-state index contributed by atoms with van der Waals surface area (Å²) in [5.41, 5.74) is 0. The molecule has 4 atom stereocenters. The summed E-state index contributed by atoms with van der Waals surface area (Å²) in [7, 11) is 0. The van der Waals surface area contributed by atoms with Crippen LogP contribution in [0.15, 0.2) is 0 Å². The third kappa shape index (κ3) is 2.27. The molecule has 0 aliphatic carbocycles. The molecule has 2 unspecified atom stereocenters. The highest BCUT2D eigenvalue weighted by Gasteiger charge is 2.35. The van der Waals surface area contributed by atoms with Crippen molar-refractivity contribution in [2.24, 2.45) is 0 Å². The van der Waals surface area contributed by atoms with Crippen molar-refractivity contribution in [2.75, 3.05) is 13.2 Å². The van der Waals surface area contributed by atoms with Crippen LogP contribution in [0.25, 0.3) is 0 Å². The lowest BCUT2D eigenvalue weighted by atomic mass is 9.93. The maximum Gasteiger partial charge on any atom is 0.0842 e. The summed E-state index contributed by atoms with van der Waals surface area (Å²) >= 11 is 0. The van der Waals surface area contributed by atoms with Gasteiger partial charge in [0.15, 0.2) is 0 Å². The molecule has 0 saturated carbocycles. The minimum atomic E-state index is 0.336. The Morgan fingerprint density at radius 1 is 0.562 bits per heavy atom. The molecule has 0 N–H and O–H groups in total. The lowest BCUT2D eigenvalue weighted by Crippen LogP contribution is -2.46. The van der Waals surface area contributed by atoms with Crippen molar-refractivity contribution in [2.45, 2.75) is 69.4 Å². The second-order valence-electron chi connectivity index (χ2n) is 5.25. The minimum absolute atomic E-state index is 0.336. The van der Waals surface area contributed by atoms with Gasteiger partial charge in [-0.1, -0.05) is 0 Å². The lowest BCUT2D eigenvalue weighted by Gasteiger charge is -2.41. The third-order valence-electron chi connectivity index (χ3n) is 4.09. The Morgan fingerprint density at radius 2 is 1.06 bits per heavy atom. The molecule has 3 saturated heterocycles. The Balaban J connectivity index is 1.67. The monoisotopic (exact) mass is 226 g/mol. The summed E-state index contributed by atoms with van der Waals surface area (Å²) in [5, 5.41) is 0. The van der Waals surface area contributed by atoms with Gasteiger partial charge in [-0.3, -0.25) is 0 Å². The SMILES string of the molecule is C1COC2CCC[C@H]3OCCC[C@H]3OC2C1. The quantitative estimate of drug-likeness (QED) is 0.634. The summed E-state index contributed by atoms with van der Waals surface area (Å²) < 4.78 is 17.9. The first kappa shape index (κ1) is 11.0. The molecule has 3 fully saturated rings. The molecule has 0 aromatic carbocycles. The molecule has 3 nitrogen and oxygen atoms in total. The van der Waals surface area contributed by atoms with E-state index in [9.17, 15) is 0 Å². The van der Waals surface area contributed by atoms with Crippen molar-refractivity contribution in [1.82, 2.24) is 0 Å². The fourth-order valence-electron chi connectivity index (χ4n) is 3.22. The fraction of sp³-hybridized carbons (Fsp3) is 1.00. The molecular weight excluding hydrogens is 204 g/mol. The van der Waals surface area contributed by atoms with E-state index in [4.69, 9.17) is 14.2 Å². The van der Waals surface area contributed by atoms with E-state index in [1.54, 1.807) is 0 Å². The molecule has 3 rings (SSSR count). The van der Waals surface area contributed by atoms with Crippen LogP contribution < -0.4 is 0 Å². The van der Waals surface area contributed by atoms with Gasteiger partial charge in [-0.15, -0.1) is 0 Å². The standard InChI is InChI=1S/C13H22O3/c1-4-10-12(6-2-8-14-10)16-13-7-3-9-15-11(13)5-1/h10-13H,1-9H2/t10-,11?,12-,13?/m1/s1. The first-order valence-electron chi connectivity index (χ1n) is 6.82. The second kappa shape index (κ2) is 5.03. The van der Waals surface area contributed by atoms with Gasteiger partial charge >= 0.3 is 0 Å². The normalized spacial score (nSPS) is 45.0. The van der Waals surface area contributed by atoms with Crippen molar-refractivity contribution in [3.63, 3.8) is 0 Å². The number of hydrogen-bond donors (Lipinski definition) is 0. The highest BCUT2D eigenvalue weighted by molar-refractivity contribution is 4.84. The maximum absolute atomic E-state index is 6.25. The molecule has 0 aromatic heterocycles. The van der Waals surface area contributed by atoms with E-state index in [2.05, 4.69) is 0 Å². The molecule has 16 heavy (non-hydrogen) atoms. The molecule has 0 aromatic rings. The van der Waals surface area contributed by atoms with Gasteiger partial charge in [-0.25, -0.2) is 0 Å². The van der Waals surface area contributed by atoms with Gasteiger partial charge in [0.25, 0.3) is 0 Å². The Bertz CT molecular complexity index is 209. The smallest absolute Gasteiger partial charge is 0.0842 e. The van der Waals surface area contributed by atoms with E-state index < -0.39 is 0 Å². The molecule has 0 bridgehead atoms. The average Bonchev–Trinajstić information content (AvgIpc) is 2.29. The van der Waals surface area contributed by atoms with Crippen molar-refractivity contribution in [1.29, 1.82) is 0 Å². The lowest BCUT2D eigenvalue weighted by molar-refractivity contribution is -0.189. The molecule has 0 amide bonds. The van der Waals surface area contributed by atoms with E-state index in [-0.39, 0.29) is 0 Å². The molecular formula is C13H22O3. The van der Waals surface area contributed by atoms with Gasteiger partial charge < -0.3 is 14.2 Å². The van der Waals surface area contributed by atoms with Crippen LogP contribution in [0.1, 0.15) is 44.9 Å². The predicted molar refractivity (Wildman–Crippen MR) is 60.5 cm³/mol. The molecule has 3 heterocycles. The third-order valence-corrected chi connectivity index (χ3v) is 4.09. The Morgan fingerprint density at radius 3 is 1.62 bits per heavy atom. The van der Waals surface area contributed by atoms with Crippen molar-refractivity contribution < 1.29 is 14.2 Å². The first-order valence-corrected chi connectivity index (χ1v) is 6.82. The summed E-state index contributed by atoms with van der Waals surface area (Å²) in [5.74, 6) is 0. The summed E-state index contributed by atoms with van der Waals surface area (Å²) in [6, 6.07) is 0. The Kier molecular flexibility index (Phi) is 3.46. The fourth-order valence-corrected chi connectivity index (χ4v) is 3.22. The molecule has 92 valence electrons. The van der Waals surface area contributed by atoms with E-state index in [1.807, 2.05) is 0 Å². The molecule has 3 heteroatoms. The van der Waals surface area contributed by atoms with Crippen LogP contribution in [-0.2, 0) is 14.2 Å². The van der Waals surface area contributed by atoms with E-state index in [0.717, 1.165) is 38.9 Å². The van der Waals surface area contributed by atoms with Crippen molar-refractivity contribution in [3.8, 4) is 0 Å².